The van der Waals surface area contributed by atoms with Crippen molar-refractivity contribution in [1.29, 1.82) is 0 Å². The maximum atomic E-state index is 6.29. The van der Waals surface area contributed by atoms with E-state index in [9.17, 15) is 0 Å². The first-order chi connectivity index (χ1) is 8.61. The smallest absolute Gasteiger partial charge is 0.147 e. The third kappa shape index (κ3) is 3.03. The van der Waals surface area contributed by atoms with Crippen LogP contribution in [0, 0.1) is 0 Å². The normalized spacial score (nSPS) is 10.7. The van der Waals surface area contributed by atoms with Gasteiger partial charge in [-0.05, 0) is 33.6 Å². The highest BCUT2D eigenvalue weighted by Gasteiger charge is 2.12. The Kier molecular flexibility index (Phi) is 4.61. The van der Waals surface area contributed by atoms with E-state index in [-0.39, 0.29) is 0 Å². The molecule has 6 heteroatoms. The van der Waals surface area contributed by atoms with Crippen molar-refractivity contribution >= 4 is 44.7 Å². The van der Waals surface area contributed by atoms with Gasteiger partial charge in [0.05, 0.1) is 11.6 Å². The van der Waals surface area contributed by atoms with Crippen LogP contribution in [0.3, 0.4) is 0 Å². The van der Waals surface area contributed by atoms with Crippen molar-refractivity contribution in [1.82, 2.24) is 4.98 Å². The third-order valence-electron chi connectivity index (χ3n) is 2.55. The monoisotopic (exact) mass is 345 g/mol. The predicted molar refractivity (Wildman–Crippen MR) is 81.3 cm³/mol. The molecule has 0 bridgehead atoms. The first-order valence-electron chi connectivity index (χ1n) is 5.39. The molecule has 0 amide bonds. The number of anilines is 1. The molecule has 0 radical (unpaired) electrons. The molecular formula is C12H13BrClN3S. The van der Waals surface area contributed by atoms with Crippen molar-refractivity contribution in [3.63, 3.8) is 0 Å². The highest BCUT2D eigenvalue weighted by Crippen LogP contribution is 2.28. The summed E-state index contributed by atoms with van der Waals surface area (Å²) in [6.07, 6.45) is 1.74. The number of nitrogens with two attached hydrogens (primary N) is 1. The van der Waals surface area contributed by atoms with Crippen molar-refractivity contribution in [2.75, 3.05) is 11.9 Å². The fraction of sp³-hybridized carbons (Fsp3) is 0.250. The van der Waals surface area contributed by atoms with Crippen LogP contribution in [0.1, 0.15) is 10.4 Å². The van der Waals surface area contributed by atoms with Crippen LogP contribution in [0.25, 0.3) is 0 Å². The van der Waals surface area contributed by atoms with Gasteiger partial charge in [-0.15, -0.1) is 11.3 Å². The standard InChI is InChI=1S/C12H13BrClN3S/c1-17(6-10-4-9(13)7-18-10)12-11(14)8(5-15)2-3-16-12/h2-4,7H,5-6,15H2,1H3. The lowest BCUT2D eigenvalue weighted by Gasteiger charge is -2.19. The molecule has 0 aliphatic carbocycles. The molecule has 2 aromatic rings. The van der Waals surface area contributed by atoms with Crippen molar-refractivity contribution in [2.24, 2.45) is 5.73 Å². The summed E-state index contributed by atoms with van der Waals surface area (Å²) in [5.41, 5.74) is 6.56. The van der Waals surface area contributed by atoms with Gasteiger partial charge in [-0.1, -0.05) is 11.6 Å². The fourth-order valence-corrected chi connectivity index (χ4v) is 3.48. The van der Waals surface area contributed by atoms with E-state index in [1.165, 1.54) is 4.88 Å². The van der Waals surface area contributed by atoms with E-state index in [0.29, 0.717) is 11.6 Å². The Morgan fingerprint density at radius 1 is 1.56 bits per heavy atom. The molecule has 0 fully saturated rings. The Balaban J connectivity index is 2.21. The molecule has 0 aliphatic heterocycles. The molecule has 0 aromatic carbocycles. The van der Waals surface area contributed by atoms with Gasteiger partial charge in [-0.25, -0.2) is 4.98 Å². The maximum absolute atomic E-state index is 6.29. The minimum Gasteiger partial charge on any atom is -0.353 e. The summed E-state index contributed by atoms with van der Waals surface area (Å²) in [6, 6.07) is 3.95. The lowest BCUT2D eigenvalue weighted by Crippen LogP contribution is -2.18. The summed E-state index contributed by atoms with van der Waals surface area (Å²) < 4.78 is 1.10. The lowest BCUT2D eigenvalue weighted by molar-refractivity contribution is 0.906. The molecule has 0 saturated heterocycles. The topological polar surface area (TPSA) is 42.2 Å². The van der Waals surface area contributed by atoms with E-state index in [1.807, 2.05) is 18.0 Å². The molecule has 2 heterocycles. The molecule has 0 aliphatic rings. The summed E-state index contributed by atoms with van der Waals surface area (Å²) in [5, 5.41) is 2.70. The van der Waals surface area contributed by atoms with Crippen LogP contribution < -0.4 is 10.6 Å². The highest BCUT2D eigenvalue weighted by molar-refractivity contribution is 9.10. The molecule has 0 spiro atoms. The summed E-state index contributed by atoms with van der Waals surface area (Å²) in [4.78, 5) is 7.60. The third-order valence-corrected chi connectivity index (χ3v) is 4.64. The lowest BCUT2D eigenvalue weighted by atomic mass is 10.2. The number of hydrogen-bond donors (Lipinski definition) is 1. The highest BCUT2D eigenvalue weighted by atomic mass is 79.9. The molecule has 0 atom stereocenters. The van der Waals surface area contributed by atoms with Crippen molar-refractivity contribution in [3.8, 4) is 0 Å². The SMILES string of the molecule is CN(Cc1cc(Br)cs1)c1nccc(CN)c1Cl. The van der Waals surface area contributed by atoms with Crippen LogP contribution >= 0.6 is 38.9 Å². The largest absolute Gasteiger partial charge is 0.353 e. The van der Waals surface area contributed by atoms with Gasteiger partial charge in [-0.2, -0.15) is 0 Å². The second-order valence-electron chi connectivity index (χ2n) is 3.90. The van der Waals surface area contributed by atoms with E-state index in [4.69, 9.17) is 17.3 Å². The number of nitrogens with zero attached hydrogens (tertiary/aromatic N) is 2. The van der Waals surface area contributed by atoms with Gasteiger partial charge < -0.3 is 10.6 Å². The molecule has 2 N–H and O–H groups in total. The van der Waals surface area contributed by atoms with Gasteiger partial charge in [0.15, 0.2) is 0 Å². The minimum absolute atomic E-state index is 0.423. The number of hydrogen-bond acceptors (Lipinski definition) is 4. The second-order valence-corrected chi connectivity index (χ2v) is 6.19. The van der Waals surface area contributed by atoms with Crippen LogP contribution in [0.5, 0.6) is 0 Å². The molecule has 18 heavy (non-hydrogen) atoms. The Bertz CT molecular complexity index is 544. The van der Waals surface area contributed by atoms with Gasteiger partial charge in [0.25, 0.3) is 0 Å². The summed E-state index contributed by atoms with van der Waals surface area (Å²) >= 11 is 11.4. The molecule has 2 aromatic heterocycles. The second kappa shape index (κ2) is 6.02. The summed E-state index contributed by atoms with van der Waals surface area (Å²) in [5.74, 6) is 0.768. The number of halogens is 2. The average molecular weight is 347 g/mol. The van der Waals surface area contributed by atoms with Crippen molar-refractivity contribution < 1.29 is 0 Å². The Morgan fingerprint density at radius 2 is 2.33 bits per heavy atom. The van der Waals surface area contributed by atoms with Crippen LogP contribution in [0.4, 0.5) is 5.82 Å². The number of aromatic nitrogens is 1. The molecule has 96 valence electrons. The number of pyridine rings is 1. The van der Waals surface area contributed by atoms with Crippen LogP contribution in [0.15, 0.2) is 28.2 Å². The van der Waals surface area contributed by atoms with E-state index in [1.54, 1.807) is 17.5 Å². The fourth-order valence-electron chi connectivity index (χ4n) is 1.64. The van der Waals surface area contributed by atoms with E-state index < -0.39 is 0 Å². The molecule has 0 saturated carbocycles. The predicted octanol–water partition coefficient (Wildman–Crippen LogP) is 3.65. The van der Waals surface area contributed by atoms with Crippen LogP contribution in [-0.2, 0) is 13.1 Å². The van der Waals surface area contributed by atoms with Crippen LogP contribution in [0.2, 0.25) is 5.02 Å². The first kappa shape index (κ1) is 13.8. The Morgan fingerprint density at radius 3 is 2.94 bits per heavy atom. The van der Waals surface area contributed by atoms with E-state index in [0.717, 1.165) is 22.4 Å². The van der Waals surface area contributed by atoms with Crippen molar-refractivity contribution in [3.05, 3.63) is 43.6 Å². The van der Waals surface area contributed by atoms with Crippen molar-refractivity contribution in [2.45, 2.75) is 13.1 Å². The van der Waals surface area contributed by atoms with Gasteiger partial charge in [0.2, 0.25) is 0 Å². The summed E-state index contributed by atoms with van der Waals surface area (Å²) in [7, 11) is 1.97. The first-order valence-corrected chi connectivity index (χ1v) is 7.44. The average Bonchev–Trinajstić information content (AvgIpc) is 2.75. The van der Waals surface area contributed by atoms with Gasteiger partial charge in [0, 0.05) is 34.5 Å². The number of thiophene rings is 1. The molecular weight excluding hydrogens is 334 g/mol. The van der Waals surface area contributed by atoms with E-state index in [2.05, 4.69) is 32.4 Å². The zero-order valence-electron chi connectivity index (χ0n) is 9.86. The van der Waals surface area contributed by atoms with Gasteiger partial charge in [-0.3, -0.25) is 0 Å². The maximum Gasteiger partial charge on any atom is 0.147 e. The minimum atomic E-state index is 0.423. The van der Waals surface area contributed by atoms with Crippen LogP contribution in [-0.4, -0.2) is 12.0 Å². The molecule has 3 nitrogen and oxygen atoms in total. The zero-order valence-corrected chi connectivity index (χ0v) is 13.0. The summed E-state index contributed by atoms with van der Waals surface area (Å²) in [6.45, 7) is 1.20. The Hall–Kier alpha value is -0.620. The quantitative estimate of drug-likeness (QED) is 0.918. The zero-order chi connectivity index (χ0) is 13.1. The molecule has 2 rings (SSSR count). The Labute approximate surface area is 124 Å². The van der Waals surface area contributed by atoms with Gasteiger partial charge >= 0.3 is 0 Å². The number of rotatable bonds is 4. The van der Waals surface area contributed by atoms with E-state index >= 15 is 0 Å². The molecule has 0 unspecified atom stereocenters. The van der Waals surface area contributed by atoms with Gasteiger partial charge in [0.1, 0.15) is 5.82 Å².